The number of hydrogen-bond acceptors (Lipinski definition) is 9. The average molecular weight is 454 g/mol. The summed E-state index contributed by atoms with van der Waals surface area (Å²) in [5, 5.41) is 15.9. The molecule has 1 aliphatic carbocycles. The molecule has 2 aromatic rings. The predicted molar refractivity (Wildman–Crippen MR) is 112 cm³/mol. The lowest BCUT2D eigenvalue weighted by Crippen LogP contribution is -2.25. The summed E-state index contributed by atoms with van der Waals surface area (Å²) in [5.41, 5.74) is 0.316. The van der Waals surface area contributed by atoms with E-state index in [1.54, 1.807) is 13.3 Å². The molecule has 0 unspecified atom stereocenters. The molecule has 162 valence electrons. The molecule has 1 fully saturated rings. The van der Waals surface area contributed by atoms with Crippen LogP contribution in [-0.2, 0) is 30.8 Å². The lowest BCUT2D eigenvalue weighted by molar-refractivity contribution is -0.110. The van der Waals surface area contributed by atoms with Crippen LogP contribution in [0.15, 0.2) is 40.5 Å². The Morgan fingerprint density at radius 3 is 2.67 bits per heavy atom. The van der Waals surface area contributed by atoms with Crippen molar-refractivity contribution >= 4 is 37.9 Å². The first-order valence-corrected chi connectivity index (χ1v) is 11.6. The van der Waals surface area contributed by atoms with Gasteiger partial charge in [0.2, 0.25) is 0 Å². The highest BCUT2D eigenvalue weighted by molar-refractivity contribution is 7.92. The first kappa shape index (κ1) is 22.3. The smallest absolute Gasteiger partial charge is 0.280 e. The zero-order chi connectivity index (χ0) is 21.7. The van der Waals surface area contributed by atoms with Gasteiger partial charge in [-0.1, -0.05) is 28.6 Å². The monoisotopic (exact) mass is 453 g/mol. The van der Waals surface area contributed by atoms with Crippen LogP contribution in [0.3, 0.4) is 0 Å². The van der Waals surface area contributed by atoms with Crippen molar-refractivity contribution < 1.29 is 27.9 Å². The number of carbonyl (C=O) groups is 1. The molecule has 9 nitrogen and oxygen atoms in total. The molecule has 0 radical (unpaired) electrons. The molecule has 1 amide bonds. The number of rotatable bonds is 10. The standard InChI is InChI=1S/C19H23N3O6S2/c1-12(23)10-28-22-17(18(24)21-19-20-9-14(29-19)11-27-2)13-3-5-15(6-4-13)30(25,26)16-7-8-16/h3-6,9,12,16,23H,7-8,10-11H2,1-2H3,(H,20,21,24)/t12-/m1/s1. The van der Waals surface area contributed by atoms with E-state index in [4.69, 9.17) is 9.57 Å². The van der Waals surface area contributed by atoms with E-state index in [1.165, 1.54) is 42.5 Å². The van der Waals surface area contributed by atoms with Crippen molar-refractivity contribution in [2.75, 3.05) is 19.0 Å². The van der Waals surface area contributed by atoms with Crippen molar-refractivity contribution in [2.45, 2.75) is 42.6 Å². The molecule has 3 rings (SSSR count). The van der Waals surface area contributed by atoms with Crippen LogP contribution in [0.1, 0.15) is 30.2 Å². The zero-order valence-corrected chi connectivity index (χ0v) is 18.2. The molecular weight excluding hydrogens is 430 g/mol. The summed E-state index contributed by atoms with van der Waals surface area (Å²) in [6.07, 6.45) is 2.18. The zero-order valence-electron chi connectivity index (χ0n) is 16.6. The molecule has 0 aliphatic heterocycles. The third-order valence-corrected chi connectivity index (χ3v) is 7.33. The number of methoxy groups -OCH3 is 1. The number of sulfone groups is 1. The Labute approximate surface area is 178 Å². The minimum atomic E-state index is -3.33. The fourth-order valence-corrected chi connectivity index (χ4v) is 4.98. The number of nitrogens with zero attached hydrogens (tertiary/aromatic N) is 2. The highest BCUT2D eigenvalue weighted by atomic mass is 32.2. The van der Waals surface area contributed by atoms with E-state index in [0.717, 1.165) is 4.88 Å². The number of hydrogen-bond donors (Lipinski definition) is 2. The van der Waals surface area contributed by atoms with Crippen LogP contribution >= 0.6 is 11.3 Å². The lowest BCUT2D eigenvalue weighted by atomic mass is 10.1. The molecular formula is C19H23N3O6S2. The van der Waals surface area contributed by atoms with Gasteiger partial charge in [0.25, 0.3) is 5.91 Å². The van der Waals surface area contributed by atoms with E-state index < -0.39 is 21.8 Å². The number of carbonyl (C=O) groups excluding carboxylic acids is 1. The van der Waals surface area contributed by atoms with Crippen LogP contribution in [0.5, 0.6) is 0 Å². The van der Waals surface area contributed by atoms with Gasteiger partial charge < -0.3 is 14.7 Å². The van der Waals surface area contributed by atoms with Crippen LogP contribution in [0.2, 0.25) is 0 Å². The second-order valence-electron chi connectivity index (χ2n) is 6.87. The van der Waals surface area contributed by atoms with Gasteiger partial charge in [-0.25, -0.2) is 13.4 Å². The molecule has 1 atom stereocenters. The lowest BCUT2D eigenvalue weighted by Gasteiger charge is -2.09. The largest absolute Gasteiger partial charge is 0.392 e. The highest BCUT2D eigenvalue weighted by Gasteiger charge is 2.36. The van der Waals surface area contributed by atoms with Gasteiger partial charge in [0.15, 0.2) is 20.7 Å². The quantitative estimate of drug-likeness (QED) is 0.416. The third kappa shape index (κ3) is 5.63. The van der Waals surface area contributed by atoms with Gasteiger partial charge in [-0.15, -0.1) is 0 Å². The molecule has 0 bridgehead atoms. The summed E-state index contributed by atoms with van der Waals surface area (Å²) < 4.78 is 29.8. The number of thiazole rings is 1. The van der Waals surface area contributed by atoms with Crippen LogP contribution < -0.4 is 5.32 Å². The number of aliphatic hydroxyl groups excluding tert-OH is 1. The second kappa shape index (κ2) is 9.65. The molecule has 1 heterocycles. The molecule has 1 saturated carbocycles. The molecule has 30 heavy (non-hydrogen) atoms. The van der Waals surface area contributed by atoms with Crippen LogP contribution in [0.25, 0.3) is 0 Å². The van der Waals surface area contributed by atoms with Gasteiger partial charge in [0, 0.05) is 18.9 Å². The SMILES string of the molecule is COCc1cnc(NC(=O)C(=NOC[C@@H](C)O)c2ccc(S(=O)(=O)C3CC3)cc2)s1. The maximum absolute atomic E-state index is 12.8. The summed E-state index contributed by atoms with van der Waals surface area (Å²) in [6.45, 7) is 1.81. The van der Waals surface area contributed by atoms with Crippen LogP contribution in [-0.4, -0.2) is 55.2 Å². The fraction of sp³-hybridized carbons (Fsp3) is 0.421. The number of aliphatic hydroxyl groups is 1. The molecule has 0 spiro atoms. The van der Waals surface area contributed by atoms with Crippen molar-refractivity contribution in [3.63, 3.8) is 0 Å². The Morgan fingerprint density at radius 2 is 2.07 bits per heavy atom. The van der Waals surface area contributed by atoms with Crippen molar-refractivity contribution in [1.82, 2.24) is 4.98 Å². The van der Waals surface area contributed by atoms with Gasteiger partial charge in [-0.3, -0.25) is 10.1 Å². The molecule has 11 heteroatoms. The van der Waals surface area contributed by atoms with Crippen molar-refractivity contribution in [1.29, 1.82) is 0 Å². The molecule has 0 saturated heterocycles. The van der Waals surface area contributed by atoms with Crippen LogP contribution in [0.4, 0.5) is 5.13 Å². The number of ether oxygens (including phenoxy) is 1. The van der Waals surface area contributed by atoms with E-state index in [-0.39, 0.29) is 22.5 Å². The first-order valence-electron chi connectivity index (χ1n) is 9.28. The van der Waals surface area contributed by atoms with Gasteiger partial charge in [-0.2, -0.15) is 0 Å². The summed E-state index contributed by atoms with van der Waals surface area (Å²) in [5.74, 6) is -0.572. The van der Waals surface area contributed by atoms with Gasteiger partial charge >= 0.3 is 0 Å². The average Bonchev–Trinajstić information content (AvgIpc) is 3.48. The minimum Gasteiger partial charge on any atom is -0.392 e. The Hall–Kier alpha value is -2.34. The summed E-state index contributed by atoms with van der Waals surface area (Å²) in [6, 6.07) is 5.94. The molecule has 1 aromatic carbocycles. The third-order valence-electron chi connectivity index (χ3n) is 4.17. The normalized spacial score (nSPS) is 15.6. The van der Waals surface area contributed by atoms with Crippen molar-refractivity contribution in [2.24, 2.45) is 5.16 Å². The maximum Gasteiger partial charge on any atom is 0.280 e. The summed E-state index contributed by atoms with van der Waals surface area (Å²) in [7, 11) is -1.77. The van der Waals surface area contributed by atoms with E-state index in [0.29, 0.717) is 30.1 Å². The molecule has 2 N–H and O–H groups in total. The summed E-state index contributed by atoms with van der Waals surface area (Å²) in [4.78, 5) is 23.0. The summed E-state index contributed by atoms with van der Waals surface area (Å²) >= 11 is 1.26. The first-order chi connectivity index (χ1) is 14.3. The fourth-order valence-electron chi connectivity index (χ4n) is 2.54. The number of nitrogens with one attached hydrogen (secondary N) is 1. The number of benzene rings is 1. The minimum absolute atomic E-state index is 0.0606. The van der Waals surface area contributed by atoms with Crippen LogP contribution in [0, 0.1) is 0 Å². The maximum atomic E-state index is 12.8. The molecule has 1 aliphatic rings. The van der Waals surface area contributed by atoms with Gasteiger partial charge in [-0.05, 0) is 31.9 Å². The van der Waals surface area contributed by atoms with Gasteiger partial charge in [0.05, 0.1) is 27.7 Å². The Balaban J connectivity index is 1.81. The highest BCUT2D eigenvalue weighted by Crippen LogP contribution is 2.33. The molecule has 1 aromatic heterocycles. The van der Waals surface area contributed by atoms with E-state index in [9.17, 15) is 18.3 Å². The van der Waals surface area contributed by atoms with E-state index >= 15 is 0 Å². The number of oxime groups is 1. The van der Waals surface area contributed by atoms with E-state index in [1.807, 2.05) is 0 Å². The van der Waals surface area contributed by atoms with Crippen molar-refractivity contribution in [3.8, 4) is 0 Å². The Bertz CT molecular complexity index is 1010. The number of anilines is 1. The number of amides is 1. The number of aromatic nitrogens is 1. The second-order valence-corrected chi connectivity index (χ2v) is 10.2. The Morgan fingerprint density at radius 1 is 1.37 bits per heavy atom. The van der Waals surface area contributed by atoms with E-state index in [2.05, 4.69) is 15.5 Å². The van der Waals surface area contributed by atoms with Crippen molar-refractivity contribution in [3.05, 3.63) is 40.9 Å². The predicted octanol–water partition coefficient (Wildman–Crippen LogP) is 1.97. The Kier molecular flexibility index (Phi) is 7.19. The topological polar surface area (TPSA) is 127 Å². The van der Waals surface area contributed by atoms with Gasteiger partial charge in [0.1, 0.15) is 6.61 Å².